The maximum atomic E-state index is 13.2. The maximum absolute atomic E-state index is 13.2. The number of hydrogen-bond donors (Lipinski definition) is 1. The predicted molar refractivity (Wildman–Crippen MR) is 99.2 cm³/mol. The third kappa shape index (κ3) is 2.79. The SMILES string of the molecule is CCCN1C(=O)C(O)=C(C(=O)c2cc3ccccc3o2)C1c1ccncc1. The molecular formula is C21H18N2O4. The quantitative estimate of drug-likeness (QED) is 0.698. The molecule has 1 aliphatic rings. The smallest absolute Gasteiger partial charge is 0.290 e. The number of carbonyl (C=O) groups is 2. The second-order valence-corrected chi connectivity index (χ2v) is 6.42. The van der Waals surface area contributed by atoms with Gasteiger partial charge in [0.1, 0.15) is 5.58 Å². The van der Waals surface area contributed by atoms with Crippen molar-refractivity contribution in [3.63, 3.8) is 0 Å². The fourth-order valence-electron chi connectivity index (χ4n) is 3.48. The molecule has 1 unspecified atom stereocenters. The number of Topliss-reactive ketones (excluding diaryl/α,β-unsaturated/α-hetero) is 1. The molecular weight excluding hydrogens is 344 g/mol. The van der Waals surface area contributed by atoms with Crippen LogP contribution in [0.15, 0.2) is 70.6 Å². The Kier molecular flexibility index (Phi) is 4.24. The molecule has 0 fully saturated rings. The second kappa shape index (κ2) is 6.72. The number of hydrogen-bond acceptors (Lipinski definition) is 5. The molecule has 0 bridgehead atoms. The van der Waals surface area contributed by atoms with Gasteiger partial charge in [0.2, 0.25) is 5.78 Å². The zero-order valence-electron chi connectivity index (χ0n) is 14.8. The van der Waals surface area contributed by atoms with Crippen LogP contribution in [-0.2, 0) is 4.79 Å². The van der Waals surface area contributed by atoms with Gasteiger partial charge in [-0.25, -0.2) is 0 Å². The lowest BCUT2D eigenvalue weighted by atomic mass is 9.95. The Morgan fingerprint density at radius 2 is 1.96 bits per heavy atom. The van der Waals surface area contributed by atoms with E-state index < -0.39 is 23.5 Å². The minimum Gasteiger partial charge on any atom is -0.503 e. The van der Waals surface area contributed by atoms with Crippen molar-refractivity contribution in [1.82, 2.24) is 9.88 Å². The number of furan rings is 1. The third-order valence-corrected chi connectivity index (χ3v) is 4.68. The first-order chi connectivity index (χ1) is 13.1. The average molecular weight is 362 g/mol. The molecule has 6 heteroatoms. The number of carbonyl (C=O) groups excluding carboxylic acids is 2. The van der Waals surface area contributed by atoms with Crippen molar-refractivity contribution in [3.8, 4) is 0 Å². The van der Waals surface area contributed by atoms with Crippen molar-refractivity contribution in [2.24, 2.45) is 0 Å². The number of amides is 1. The molecule has 3 heterocycles. The van der Waals surface area contributed by atoms with E-state index in [1.807, 2.05) is 25.1 Å². The van der Waals surface area contributed by atoms with E-state index in [1.165, 1.54) is 4.90 Å². The Bertz CT molecular complexity index is 1020. The average Bonchev–Trinajstić information content (AvgIpc) is 3.23. The van der Waals surface area contributed by atoms with E-state index in [1.54, 1.807) is 36.7 Å². The zero-order valence-corrected chi connectivity index (χ0v) is 14.8. The first-order valence-electron chi connectivity index (χ1n) is 8.79. The topological polar surface area (TPSA) is 83.6 Å². The highest BCUT2D eigenvalue weighted by atomic mass is 16.3. The maximum Gasteiger partial charge on any atom is 0.290 e. The van der Waals surface area contributed by atoms with Gasteiger partial charge in [-0.1, -0.05) is 25.1 Å². The van der Waals surface area contributed by atoms with Gasteiger partial charge in [0, 0.05) is 24.3 Å². The van der Waals surface area contributed by atoms with Crippen molar-refractivity contribution >= 4 is 22.7 Å². The monoisotopic (exact) mass is 362 g/mol. The van der Waals surface area contributed by atoms with Crippen LogP contribution < -0.4 is 0 Å². The molecule has 6 nitrogen and oxygen atoms in total. The summed E-state index contributed by atoms with van der Waals surface area (Å²) >= 11 is 0. The number of rotatable bonds is 5. The molecule has 1 amide bonds. The summed E-state index contributed by atoms with van der Waals surface area (Å²) in [6.07, 6.45) is 3.90. The minimum atomic E-state index is -0.666. The molecule has 2 aromatic heterocycles. The molecule has 1 aliphatic heterocycles. The minimum absolute atomic E-state index is 0.0405. The molecule has 27 heavy (non-hydrogen) atoms. The normalized spacial score (nSPS) is 17.1. The van der Waals surface area contributed by atoms with E-state index in [2.05, 4.69) is 4.98 Å². The van der Waals surface area contributed by atoms with E-state index in [9.17, 15) is 14.7 Å². The van der Waals surface area contributed by atoms with Crippen LogP contribution in [0.5, 0.6) is 0 Å². The number of benzene rings is 1. The zero-order chi connectivity index (χ0) is 19.0. The standard InChI is InChI=1S/C21H18N2O4/c1-2-11-23-18(13-7-9-22-10-8-13)17(20(25)21(23)26)19(24)16-12-14-5-3-4-6-15(14)27-16/h3-10,12,18,25H,2,11H2,1H3. The summed E-state index contributed by atoms with van der Waals surface area (Å²) in [6, 6.07) is 11.7. The molecule has 0 saturated heterocycles. The fourth-order valence-corrected chi connectivity index (χ4v) is 3.48. The highest BCUT2D eigenvalue weighted by molar-refractivity contribution is 6.15. The number of nitrogens with zero attached hydrogens (tertiary/aromatic N) is 2. The van der Waals surface area contributed by atoms with Crippen LogP contribution in [0, 0.1) is 0 Å². The first kappa shape index (κ1) is 17.0. The van der Waals surface area contributed by atoms with Gasteiger partial charge in [0.15, 0.2) is 11.5 Å². The van der Waals surface area contributed by atoms with Crippen LogP contribution in [0.3, 0.4) is 0 Å². The Balaban J connectivity index is 1.82. The highest BCUT2D eigenvalue weighted by Crippen LogP contribution is 2.39. The second-order valence-electron chi connectivity index (χ2n) is 6.42. The van der Waals surface area contributed by atoms with Crippen molar-refractivity contribution in [1.29, 1.82) is 0 Å². The van der Waals surface area contributed by atoms with Crippen LogP contribution in [0.4, 0.5) is 0 Å². The van der Waals surface area contributed by atoms with E-state index in [4.69, 9.17) is 4.42 Å². The van der Waals surface area contributed by atoms with Gasteiger partial charge in [-0.3, -0.25) is 14.6 Å². The van der Waals surface area contributed by atoms with E-state index in [0.717, 1.165) is 10.9 Å². The van der Waals surface area contributed by atoms with Crippen LogP contribution in [0.2, 0.25) is 0 Å². The van der Waals surface area contributed by atoms with E-state index in [0.29, 0.717) is 18.5 Å². The summed E-state index contributed by atoms with van der Waals surface area (Å²) in [5.41, 5.74) is 1.34. The number of aliphatic hydroxyl groups excluding tert-OH is 1. The van der Waals surface area contributed by atoms with Crippen LogP contribution in [-0.4, -0.2) is 33.2 Å². The van der Waals surface area contributed by atoms with Crippen LogP contribution in [0.25, 0.3) is 11.0 Å². The molecule has 136 valence electrons. The fraction of sp³-hybridized carbons (Fsp3) is 0.190. The Hall–Kier alpha value is -3.41. The van der Waals surface area contributed by atoms with Gasteiger partial charge in [-0.05, 0) is 36.2 Å². The number of pyridine rings is 1. The third-order valence-electron chi connectivity index (χ3n) is 4.68. The lowest BCUT2D eigenvalue weighted by Gasteiger charge is -2.26. The number of aromatic nitrogens is 1. The number of fused-ring (bicyclic) bond motifs is 1. The number of para-hydroxylation sites is 1. The van der Waals surface area contributed by atoms with E-state index >= 15 is 0 Å². The summed E-state index contributed by atoms with van der Waals surface area (Å²) in [7, 11) is 0. The Labute approximate surface area is 155 Å². The van der Waals surface area contributed by atoms with Gasteiger partial charge in [0.25, 0.3) is 5.91 Å². The van der Waals surface area contributed by atoms with Gasteiger partial charge < -0.3 is 14.4 Å². The van der Waals surface area contributed by atoms with Crippen molar-refractivity contribution < 1.29 is 19.1 Å². The molecule has 3 aromatic rings. The Morgan fingerprint density at radius 1 is 1.22 bits per heavy atom. The lowest BCUT2D eigenvalue weighted by Crippen LogP contribution is -2.31. The summed E-state index contributed by atoms with van der Waals surface area (Å²) in [5.74, 6) is -1.45. The summed E-state index contributed by atoms with van der Waals surface area (Å²) in [6.45, 7) is 2.36. The number of ketones is 1. The van der Waals surface area contributed by atoms with Crippen molar-refractivity contribution in [2.75, 3.05) is 6.54 Å². The largest absolute Gasteiger partial charge is 0.503 e. The molecule has 1 aromatic carbocycles. The Morgan fingerprint density at radius 3 is 2.67 bits per heavy atom. The molecule has 4 rings (SSSR count). The first-order valence-corrected chi connectivity index (χ1v) is 8.79. The van der Waals surface area contributed by atoms with Gasteiger partial charge >= 0.3 is 0 Å². The van der Waals surface area contributed by atoms with Gasteiger partial charge in [-0.15, -0.1) is 0 Å². The van der Waals surface area contributed by atoms with Gasteiger partial charge in [0.05, 0.1) is 11.6 Å². The highest BCUT2D eigenvalue weighted by Gasteiger charge is 2.44. The predicted octanol–water partition coefficient (Wildman–Crippen LogP) is 3.82. The molecule has 0 aliphatic carbocycles. The lowest BCUT2D eigenvalue weighted by molar-refractivity contribution is -0.129. The van der Waals surface area contributed by atoms with E-state index in [-0.39, 0.29) is 11.3 Å². The summed E-state index contributed by atoms with van der Waals surface area (Å²) < 4.78 is 5.67. The molecule has 0 radical (unpaired) electrons. The summed E-state index contributed by atoms with van der Waals surface area (Å²) in [4.78, 5) is 31.3. The van der Waals surface area contributed by atoms with Crippen molar-refractivity contribution in [2.45, 2.75) is 19.4 Å². The molecule has 0 spiro atoms. The molecule has 1 N–H and O–H groups in total. The van der Waals surface area contributed by atoms with Crippen molar-refractivity contribution in [3.05, 3.63) is 77.5 Å². The number of aliphatic hydroxyl groups is 1. The van der Waals surface area contributed by atoms with Crippen LogP contribution in [0.1, 0.15) is 35.5 Å². The molecule has 0 saturated carbocycles. The van der Waals surface area contributed by atoms with Gasteiger partial charge in [-0.2, -0.15) is 0 Å². The van der Waals surface area contributed by atoms with Crippen LogP contribution >= 0.6 is 0 Å². The molecule has 1 atom stereocenters. The summed E-state index contributed by atoms with van der Waals surface area (Å²) in [5, 5.41) is 11.3.